The van der Waals surface area contributed by atoms with Crippen LogP contribution in [0.5, 0.6) is 0 Å². The number of ketones is 1. The highest BCUT2D eigenvalue weighted by Crippen LogP contribution is 2.15. The molecule has 0 atom stereocenters. The highest BCUT2D eigenvalue weighted by molar-refractivity contribution is 6.45. The minimum Gasteiger partial charge on any atom is -0.461 e. The molecule has 0 radical (unpaired) electrons. The van der Waals surface area contributed by atoms with E-state index in [0.717, 1.165) is 19.5 Å². The summed E-state index contributed by atoms with van der Waals surface area (Å²) in [6, 6.07) is 3.25. The van der Waals surface area contributed by atoms with Gasteiger partial charge < -0.3 is 15.1 Å². The molecule has 5 heteroatoms. The maximum atomic E-state index is 11.7. The molecule has 0 bridgehead atoms. The molecule has 2 heterocycles. The predicted molar refractivity (Wildman–Crippen MR) is 56.5 cm³/mol. The van der Waals surface area contributed by atoms with E-state index in [1.807, 2.05) is 0 Å². The number of carbonyl (C=O) groups excluding carboxylic acids is 1. The number of carbonyl (C=O) groups is 1. The zero-order chi connectivity index (χ0) is 10.7. The van der Waals surface area contributed by atoms with Gasteiger partial charge in [-0.15, -0.1) is 0 Å². The molecule has 0 aromatic carbocycles. The molecule has 0 aliphatic carbocycles. The maximum absolute atomic E-state index is 11.7. The van der Waals surface area contributed by atoms with Crippen molar-refractivity contribution < 1.29 is 9.21 Å². The van der Waals surface area contributed by atoms with E-state index in [9.17, 15) is 4.79 Å². The number of nitrogens with one attached hydrogen (secondary N) is 2. The van der Waals surface area contributed by atoms with E-state index >= 15 is 0 Å². The predicted octanol–water partition coefficient (Wildman–Crippen LogP) is 1.45. The summed E-state index contributed by atoms with van der Waals surface area (Å²) in [6.45, 7) is 1.65. The lowest BCUT2D eigenvalue weighted by atomic mass is 10.2. The molecular formula is C10H11ClN2O2. The lowest BCUT2D eigenvalue weighted by Gasteiger charge is -2.19. The molecule has 15 heavy (non-hydrogen) atoms. The third-order valence-corrected chi connectivity index (χ3v) is 2.48. The Morgan fingerprint density at radius 1 is 1.40 bits per heavy atom. The molecule has 80 valence electrons. The first kappa shape index (κ1) is 10.1. The fraction of sp³-hybridized carbons (Fsp3) is 0.300. The van der Waals surface area contributed by atoms with Gasteiger partial charge in [0.2, 0.25) is 5.78 Å². The number of rotatable bonds is 2. The van der Waals surface area contributed by atoms with Crippen molar-refractivity contribution in [3.05, 3.63) is 35.0 Å². The fourth-order valence-electron chi connectivity index (χ4n) is 1.36. The van der Waals surface area contributed by atoms with Gasteiger partial charge in [0.15, 0.2) is 5.76 Å². The summed E-state index contributed by atoms with van der Waals surface area (Å²) < 4.78 is 4.98. The quantitative estimate of drug-likeness (QED) is 0.592. The molecule has 1 aliphatic heterocycles. The first-order valence-corrected chi connectivity index (χ1v) is 5.12. The summed E-state index contributed by atoms with van der Waals surface area (Å²) in [5, 5.41) is 6.21. The van der Waals surface area contributed by atoms with E-state index in [2.05, 4.69) is 10.6 Å². The van der Waals surface area contributed by atoms with Crippen LogP contribution >= 0.6 is 11.6 Å². The van der Waals surface area contributed by atoms with Crippen molar-refractivity contribution in [1.29, 1.82) is 0 Å². The zero-order valence-electron chi connectivity index (χ0n) is 8.05. The normalized spacial score (nSPS) is 15.4. The molecule has 1 saturated heterocycles. The monoisotopic (exact) mass is 226 g/mol. The Kier molecular flexibility index (Phi) is 2.97. The molecule has 1 aromatic rings. The number of halogens is 1. The average molecular weight is 227 g/mol. The third kappa shape index (κ3) is 2.15. The molecule has 1 fully saturated rings. The summed E-state index contributed by atoms with van der Waals surface area (Å²) in [5.74, 6) is 0.532. The van der Waals surface area contributed by atoms with E-state index in [0.29, 0.717) is 5.82 Å². The Bertz CT molecular complexity index is 376. The third-order valence-electron chi connectivity index (χ3n) is 2.12. The van der Waals surface area contributed by atoms with Gasteiger partial charge in [-0.1, -0.05) is 11.6 Å². The summed E-state index contributed by atoms with van der Waals surface area (Å²) in [4.78, 5) is 11.7. The largest absolute Gasteiger partial charge is 0.461 e. The lowest BCUT2D eigenvalue weighted by molar-refractivity contribution is 0.101. The molecular weight excluding hydrogens is 216 g/mol. The van der Waals surface area contributed by atoms with Crippen LogP contribution in [0.25, 0.3) is 0 Å². The van der Waals surface area contributed by atoms with Crippen LogP contribution in [0.3, 0.4) is 0 Å². The van der Waals surface area contributed by atoms with Crippen molar-refractivity contribution in [2.45, 2.75) is 6.42 Å². The second-order valence-electron chi connectivity index (χ2n) is 3.20. The molecule has 0 unspecified atom stereocenters. The van der Waals surface area contributed by atoms with Crippen molar-refractivity contribution in [3.63, 3.8) is 0 Å². The first-order chi connectivity index (χ1) is 7.29. The molecule has 2 N–H and O–H groups in total. The molecule has 0 amide bonds. The lowest BCUT2D eigenvalue weighted by Crippen LogP contribution is -2.36. The van der Waals surface area contributed by atoms with Gasteiger partial charge in [-0.2, -0.15) is 0 Å². The molecule has 2 rings (SSSR count). The van der Waals surface area contributed by atoms with E-state index in [1.54, 1.807) is 12.1 Å². The van der Waals surface area contributed by atoms with Crippen molar-refractivity contribution >= 4 is 17.4 Å². The molecule has 4 nitrogen and oxygen atoms in total. The van der Waals surface area contributed by atoms with Gasteiger partial charge in [0.05, 0.1) is 6.26 Å². The highest BCUT2D eigenvalue weighted by atomic mass is 35.5. The van der Waals surface area contributed by atoms with Gasteiger partial charge in [-0.05, 0) is 18.6 Å². The number of allylic oxidation sites excluding steroid dienone is 1. The number of hydrogen-bond acceptors (Lipinski definition) is 4. The van der Waals surface area contributed by atoms with Gasteiger partial charge in [0.25, 0.3) is 0 Å². The minimum absolute atomic E-state index is 0.143. The fourth-order valence-corrected chi connectivity index (χ4v) is 1.59. The SMILES string of the molecule is O=C(C(Cl)=C1NCCCN1)c1ccco1. The highest BCUT2D eigenvalue weighted by Gasteiger charge is 2.18. The number of furan rings is 1. The van der Waals surface area contributed by atoms with Crippen LogP contribution in [0, 0.1) is 0 Å². The van der Waals surface area contributed by atoms with Crippen LogP contribution in [-0.4, -0.2) is 18.9 Å². The van der Waals surface area contributed by atoms with Crippen LogP contribution in [0.15, 0.2) is 33.7 Å². The average Bonchev–Trinajstić information content (AvgIpc) is 2.82. The number of hydrogen-bond donors (Lipinski definition) is 2. The molecule has 1 aromatic heterocycles. The topological polar surface area (TPSA) is 54.3 Å². The second kappa shape index (κ2) is 4.40. The smallest absolute Gasteiger partial charge is 0.243 e. The Balaban J connectivity index is 2.19. The van der Waals surface area contributed by atoms with Gasteiger partial charge in [-0.3, -0.25) is 4.79 Å². The van der Waals surface area contributed by atoms with Crippen molar-refractivity contribution in [2.24, 2.45) is 0 Å². The van der Waals surface area contributed by atoms with E-state index in [1.165, 1.54) is 6.26 Å². The summed E-state index contributed by atoms with van der Waals surface area (Å²) in [5.41, 5.74) is 0. The molecule has 0 spiro atoms. The van der Waals surface area contributed by atoms with Gasteiger partial charge in [0, 0.05) is 13.1 Å². The van der Waals surface area contributed by atoms with Crippen LogP contribution < -0.4 is 10.6 Å². The second-order valence-corrected chi connectivity index (χ2v) is 3.58. The van der Waals surface area contributed by atoms with Crippen LogP contribution in [0.2, 0.25) is 0 Å². The summed E-state index contributed by atoms with van der Waals surface area (Å²) in [7, 11) is 0. The van der Waals surface area contributed by atoms with E-state index < -0.39 is 0 Å². The van der Waals surface area contributed by atoms with Crippen molar-refractivity contribution in [3.8, 4) is 0 Å². The Morgan fingerprint density at radius 2 is 2.13 bits per heavy atom. The van der Waals surface area contributed by atoms with Crippen LogP contribution in [-0.2, 0) is 0 Å². The van der Waals surface area contributed by atoms with Crippen LogP contribution in [0.1, 0.15) is 17.0 Å². The minimum atomic E-state index is -0.307. The molecule has 1 aliphatic rings. The van der Waals surface area contributed by atoms with Gasteiger partial charge in [0.1, 0.15) is 10.9 Å². The standard InChI is InChI=1S/C10H11ClN2O2/c11-8(10-12-4-2-5-13-10)9(14)7-3-1-6-15-7/h1,3,6,12-13H,2,4-5H2. The Hall–Kier alpha value is -1.42. The zero-order valence-corrected chi connectivity index (χ0v) is 8.80. The first-order valence-electron chi connectivity index (χ1n) is 4.75. The number of Topliss-reactive ketones (excluding diaryl/α,β-unsaturated/α-hetero) is 1. The Morgan fingerprint density at radius 3 is 2.73 bits per heavy atom. The van der Waals surface area contributed by atoms with E-state index in [4.69, 9.17) is 16.0 Å². The molecule has 0 saturated carbocycles. The maximum Gasteiger partial charge on any atom is 0.243 e. The van der Waals surface area contributed by atoms with Crippen molar-refractivity contribution in [2.75, 3.05) is 13.1 Å². The van der Waals surface area contributed by atoms with Gasteiger partial charge >= 0.3 is 0 Å². The van der Waals surface area contributed by atoms with Gasteiger partial charge in [-0.25, -0.2) is 0 Å². The van der Waals surface area contributed by atoms with Crippen molar-refractivity contribution in [1.82, 2.24) is 10.6 Å². The van der Waals surface area contributed by atoms with Crippen LogP contribution in [0.4, 0.5) is 0 Å². The summed E-state index contributed by atoms with van der Waals surface area (Å²) >= 11 is 5.95. The summed E-state index contributed by atoms with van der Waals surface area (Å²) in [6.07, 6.45) is 2.46. The van der Waals surface area contributed by atoms with E-state index in [-0.39, 0.29) is 16.6 Å². The Labute approximate surface area is 92.3 Å².